The van der Waals surface area contributed by atoms with E-state index in [0.29, 0.717) is 24.5 Å². The average molecular weight is 407 g/mol. The van der Waals surface area contributed by atoms with Gasteiger partial charge in [-0.25, -0.2) is 9.78 Å². The summed E-state index contributed by atoms with van der Waals surface area (Å²) in [6.07, 6.45) is 4.44. The van der Waals surface area contributed by atoms with Crippen molar-refractivity contribution >= 4 is 27.5 Å². The number of carbonyl (C=O) groups excluding carboxylic acids is 1. The van der Waals surface area contributed by atoms with Crippen LogP contribution in [0.3, 0.4) is 0 Å². The van der Waals surface area contributed by atoms with Crippen LogP contribution >= 0.6 is 11.3 Å². The molecular weight excluding hydrogens is 376 g/mol. The van der Waals surface area contributed by atoms with Crippen molar-refractivity contribution in [2.45, 2.75) is 59.9 Å². The number of hydrogen-bond donors (Lipinski definition) is 0. The number of aromatic nitrogens is 2. The van der Waals surface area contributed by atoms with Crippen LogP contribution in [0.5, 0.6) is 0 Å². The minimum atomic E-state index is -0.715. The van der Waals surface area contributed by atoms with E-state index in [-0.39, 0.29) is 17.6 Å². The molecule has 0 aromatic carbocycles. The topological polar surface area (TPSA) is 70.4 Å². The molecule has 0 fully saturated rings. The van der Waals surface area contributed by atoms with Crippen molar-refractivity contribution in [1.29, 1.82) is 0 Å². The first-order valence-corrected chi connectivity index (χ1v) is 10.8. The van der Waals surface area contributed by atoms with E-state index in [1.54, 1.807) is 18.3 Å². The van der Waals surface area contributed by atoms with Gasteiger partial charge >= 0.3 is 5.97 Å². The molecule has 0 saturated carbocycles. The summed E-state index contributed by atoms with van der Waals surface area (Å²) < 4.78 is 11.8. The van der Waals surface area contributed by atoms with Gasteiger partial charge in [0.15, 0.2) is 0 Å². The molecule has 2 aromatic heterocycles. The molecule has 2 heterocycles. The Hall–Kier alpha value is -1.73. The number of ether oxygens (including phenoxy) is 2. The van der Waals surface area contributed by atoms with Crippen molar-refractivity contribution < 1.29 is 14.3 Å². The maximum absolute atomic E-state index is 13.2. The van der Waals surface area contributed by atoms with Crippen molar-refractivity contribution in [3.8, 4) is 0 Å². The Morgan fingerprint density at radius 2 is 2.14 bits per heavy atom. The Morgan fingerprint density at radius 1 is 1.39 bits per heavy atom. The average Bonchev–Trinajstić information content (AvgIpc) is 3.02. The van der Waals surface area contributed by atoms with E-state index < -0.39 is 12.0 Å². The first-order chi connectivity index (χ1) is 13.2. The molecule has 154 valence electrons. The zero-order valence-corrected chi connectivity index (χ0v) is 18.2. The van der Waals surface area contributed by atoms with Gasteiger partial charge in [-0.15, -0.1) is 11.3 Å². The van der Waals surface area contributed by atoms with Gasteiger partial charge in [0.25, 0.3) is 5.56 Å². The third-order valence-electron chi connectivity index (χ3n) is 5.65. The van der Waals surface area contributed by atoms with Gasteiger partial charge in [-0.2, -0.15) is 0 Å². The summed E-state index contributed by atoms with van der Waals surface area (Å²) in [5.74, 6) is 0.161. The van der Waals surface area contributed by atoms with E-state index in [2.05, 4.69) is 25.8 Å². The van der Waals surface area contributed by atoms with E-state index in [1.165, 1.54) is 15.8 Å². The van der Waals surface area contributed by atoms with Crippen LogP contribution in [0, 0.1) is 11.3 Å². The summed E-state index contributed by atoms with van der Waals surface area (Å²) >= 11 is 1.62. The van der Waals surface area contributed by atoms with Gasteiger partial charge in [0.2, 0.25) is 0 Å². The van der Waals surface area contributed by atoms with E-state index in [4.69, 9.17) is 9.47 Å². The summed E-state index contributed by atoms with van der Waals surface area (Å²) in [7, 11) is 0. The first kappa shape index (κ1) is 21.0. The third-order valence-corrected chi connectivity index (χ3v) is 6.82. The molecule has 0 aliphatic heterocycles. The SMILES string of the molecule is CCOCCOC(=O)C(C)n1cnc2sc3c(c2c1=O)CCC(C(C)(C)C)C3. The maximum Gasteiger partial charge on any atom is 0.329 e. The fraction of sp³-hybridized carbons (Fsp3) is 0.667. The lowest BCUT2D eigenvalue weighted by atomic mass is 9.72. The number of fused-ring (bicyclic) bond motifs is 3. The molecule has 0 spiro atoms. The fourth-order valence-electron chi connectivity index (χ4n) is 3.77. The highest BCUT2D eigenvalue weighted by atomic mass is 32.1. The minimum Gasteiger partial charge on any atom is -0.462 e. The van der Waals surface area contributed by atoms with Crippen molar-refractivity contribution in [2.75, 3.05) is 19.8 Å². The van der Waals surface area contributed by atoms with E-state index in [1.807, 2.05) is 6.92 Å². The molecule has 0 radical (unpaired) electrons. The lowest BCUT2D eigenvalue weighted by Crippen LogP contribution is -2.31. The predicted molar refractivity (Wildman–Crippen MR) is 111 cm³/mol. The molecule has 0 saturated heterocycles. The molecule has 2 aromatic rings. The number of hydrogen-bond acceptors (Lipinski definition) is 6. The van der Waals surface area contributed by atoms with Crippen LogP contribution in [0.2, 0.25) is 0 Å². The molecule has 0 bridgehead atoms. The van der Waals surface area contributed by atoms with Crippen molar-refractivity contribution in [3.05, 3.63) is 27.1 Å². The van der Waals surface area contributed by atoms with Crippen molar-refractivity contribution in [1.82, 2.24) is 9.55 Å². The van der Waals surface area contributed by atoms with Gasteiger partial charge in [-0.1, -0.05) is 20.8 Å². The van der Waals surface area contributed by atoms with Gasteiger partial charge in [-0.3, -0.25) is 9.36 Å². The normalized spacial score (nSPS) is 18.1. The Morgan fingerprint density at radius 3 is 2.82 bits per heavy atom. The molecule has 6 nitrogen and oxygen atoms in total. The van der Waals surface area contributed by atoms with Crippen LogP contribution in [-0.4, -0.2) is 35.3 Å². The van der Waals surface area contributed by atoms with Gasteiger partial charge in [0.1, 0.15) is 17.5 Å². The standard InChI is InChI=1S/C21H30N2O4S/c1-6-26-9-10-27-20(25)13(2)23-12-22-18-17(19(23)24)15-8-7-14(21(3,4)5)11-16(15)28-18/h12-14H,6-11H2,1-5H3. The molecule has 0 amide bonds. The van der Waals surface area contributed by atoms with Crippen molar-refractivity contribution in [3.63, 3.8) is 0 Å². The largest absolute Gasteiger partial charge is 0.462 e. The lowest BCUT2D eigenvalue weighted by Gasteiger charge is -2.33. The second-order valence-electron chi connectivity index (χ2n) is 8.49. The first-order valence-electron chi connectivity index (χ1n) is 9.99. The summed E-state index contributed by atoms with van der Waals surface area (Å²) in [6.45, 7) is 11.5. The van der Waals surface area contributed by atoms with Crippen LogP contribution in [-0.2, 0) is 27.1 Å². The highest BCUT2D eigenvalue weighted by Crippen LogP contribution is 2.42. The predicted octanol–water partition coefficient (Wildman–Crippen LogP) is 3.75. The molecule has 2 unspecified atom stereocenters. The molecule has 1 aliphatic rings. The maximum atomic E-state index is 13.2. The fourth-order valence-corrected chi connectivity index (χ4v) is 5.03. The van der Waals surface area contributed by atoms with E-state index >= 15 is 0 Å². The molecular formula is C21H30N2O4S. The zero-order valence-electron chi connectivity index (χ0n) is 17.4. The molecule has 2 atom stereocenters. The van der Waals surface area contributed by atoms with E-state index in [0.717, 1.165) is 29.7 Å². The Balaban J connectivity index is 1.86. The van der Waals surface area contributed by atoms with Crippen LogP contribution in [0.1, 0.15) is 57.5 Å². The quantitative estimate of drug-likeness (QED) is 0.540. The van der Waals surface area contributed by atoms with Crippen LogP contribution in [0.15, 0.2) is 11.1 Å². The summed E-state index contributed by atoms with van der Waals surface area (Å²) in [5.41, 5.74) is 1.23. The number of carbonyl (C=O) groups is 1. The number of thiophene rings is 1. The summed E-state index contributed by atoms with van der Waals surface area (Å²) in [4.78, 5) is 32.0. The van der Waals surface area contributed by atoms with Crippen molar-refractivity contribution in [2.24, 2.45) is 11.3 Å². The highest BCUT2D eigenvalue weighted by molar-refractivity contribution is 7.18. The molecule has 28 heavy (non-hydrogen) atoms. The minimum absolute atomic E-state index is 0.147. The summed E-state index contributed by atoms with van der Waals surface area (Å²) in [6, 6.07) is -0.715. The van der Waals surface area contributed by atoms with Gasteiger partial charge in [-0.05, 0) is 50.0 Å². The number of rotatable bonds is 6. The number of aryl methyl sites for hydroxylation is 1. The second kappa shape index (κ2) is 8.33. The smallest absolute Gasteiger partial charge is 0.329 e. The zero-order chi connectivity index (χ0) is 20.5. The summed E-state index contributed by atoms with van der Waals surface area (Å²) in [5, 5.41) is 0.684. The lowest BCUT2D eigenvalue weighted by molar-refractivity contribution is -0.148. The molecule has 7 heteroatoms. The van der Waals surface area contributed by atoms with Gasteiger partial charge in [0.05, 0.1) is 18.3 Å². The molecule has 0 N–H and O–H groups in total. The Kier molecular flexibility index (Phi) is 6.25. The van der Waals surface area contributed by atoms with E-state index in [9.17, 15) is 9.59 Å². The number of esters is 1. The van der Waals surface area contributed by atoms with Crippen LogP contribution in [0.25, 0.3) is 10.2 Å². The monoisotopic (exact) mass is 406 g/mol. The highest BCUT2D eigenvalue weighted by Gasteiger charge is 2.32. The second-order valence-corrected chi connectivity index (χ2v) is 9.57. The van der Waals surface area contributed by atoms with Crippen LogP contribution < -0.4 is 5.56 Å². The number of nitrogens with zero attached hydrogens (tertiary/aromatic N) is 2. The van der Waals surface area contributed by atoms with Gasteiger partial charge < -0.3 is 9.47 Å². The van der Waals surface area contributed by atoms with Crippen LogP contribution in [0.4, 0.5) is 0 Å². The Bertz CT molecular complexity index is 909. The Labute approximate surface area is 169 Å². The van der Waals surface area contributed by atoms with Gasteiger partial charge in [0, 0.05) is 11.5 Å². The third kappa shape index (κ3) is 4.15. The molecule has 1 aliphatic carbocycles. The molecule has 3 rings (SSSR count).